The number of para-hydroxylation sites is 1. The molecule has 0 unspecified atom stereocenters. The Morgan fingerprint density at radius 2 is 1.43 bits per heavy atom. The molecule has 1 radical (unpaired) electrons. The maximum Gasteiger partial charge on any atom is 3.00 e. The molecule has 0 N–H and O–H groups in total. The van der Waals surface area contributed by atoms with E-state index in [1.807, 2.05) is 0 Å². The van der Waals surface area contributed by atoms with E-state index in [2.05, 4.69) is 65.0 Å². The summed E-state index contributed by atoms with van der Waals surface area (Å²) >= 11 is 0. The van der Waals surface area contributed by atoms with E-state index in [1.54, 1.807) is 0 Å². The first-order valence-corrected chi connectivity index (χ1v) is 7.10. The van der Waals surface area contributed by atoms with Crippen LogP contribution in [0, 0.1) is 34.6 Å². The van der Waals surface area contributed by atoms with Gasteiger partial charge in [0.15, 0.2) is 0 Å². The second kappa shape index (κ2) is 5.72. The summed E-state index contributed by atoms with van der Waals surface area (Å²) in [6, 6.07) is 10.7. The van der Waals surface area contributed by atoms with Crippen LogP contribution in [0.15, 0.2) is 30.3 Å². The van der Waals surface area contributed by atoms with E-state index in [0.29, 0.717) is 0 Å². The van der Waals surface area contributed by atoms with Gasteiger partial charge in [0, 0.05) is 11.2 Å². The van der Waals surface area contributed by atoms with Crippen LogP contribution in [0.1, 0.15) is 27.9 Å². The number of pyridine rings is 1. The van der Waals surface area contributed by atoms with Gasteiger partial charge in [0.1, 0.15) is 0 Å². The number of aryl methyl sites for hydroxylation is 1. The Morgan fingerprint density at radius 1 is 0.810 bits per heavy atom. The van der Waals surface area contributed by atoms with Crippen LogP contribution in [-0.2, 0) is 17.4 Å². The van der Waals surface area contributed by atoms with E-state index in [0.717, 1.165) is 11.2 Å². The van der Waals surface area contributed by atoms with Crippen LogP contribution in [0.2, 0.25) is 0 Å². The molecule has 1 nitrogen and oxygen atoms in total. The molecular weight excluding hydrogens is 294 g/mol. The smallest absolute Gasteiger partial charge is 0.291 e. The van der Waals surface area contributed by atoms with E-state index >= 15 is 0 Å². The van der Waals surface area contributed by atoms with E-state index < -0.39 is 0 Å². The van der Waals surface area contributed by atoms with Crippen molar-refractivity contribution in [2.75, 3.05) is 0 Å². The SMILES string of the molecule is Cc1ccc2cccc(-[c-]3c(C)c(C)c(C)c3C)c2n1.[Cr+3]. The molecule has 0 atom stereocenters. The zero-order valence-electron chi connectivity index (χ0n) is 13.2. The molecule has 105 valence electrons. The summed E-state index contributed by atoms with van der Waals surface area (Å²) in [5.41, 5.74) is 10.4. The molecule has 0 aliphatic carbocycles. The first-order valence-electron chi connectivity index (χ1n) is 7.10. The standard InChI is InChI=1S/C19H20N.Cr/c1-11-9-10-16-7-6-8-17(19(16)20-11)18-14(4)12(2)13(3)15(18)5;/h6-10H,1-5H3;/q-1;+3. The molecule has 0 spiro atoms. The Balaban J connectivity index is 0.00000161. The van der Waals surface area contributed by atoms with Gasteiger partial charge in [-0.05, 0) is 18.4 Å². The van der Waals surface area contributed by atoms with Crippen molar-refractivity contribution in [3.8, 4) is 11.1 Å². The molecule has 0 amide bonds. The van der Waals surface area contributed by atoms with Crippen molar-refractivity contribution in [1.29, 1.82) is 0 Å². The van der Waals surface area contributed by atoms with E-state index in [4.69, 9.17) is 4.98 Å². The van der Waals surface area contributed by atoms with Crippen molar-refractivity contribution < 1.29 is 17.4 Å². The Labute approximate surface area is 137 Å². The number of hydrogen-bond acceptors (Lipinski definition) is 1. The van der Waals surface area contributed by atoms with Crippen molar-refractivity contribution in [2.45, 2.75) is 34.6 Å². The third-order valence-corrected chi connectivity index (χ3v) is 4.57. The van der Waals surface area contributed by atoms with Crippen molar-refractivity contribution in [1.82, 2.24) is 4.98 Å². The summed E-state index contributed by atoms with van der Waals surface area (Å²) in [4.78, 5) is 4.77. The molecule has 1 heterocycles. The maximum atomic E-state index is 4.77. The van der Waals surface area contributed by atoms with Gasteiger partial charge in [0.25, 0.3) is 0 Å². The molecule has 2 aromatic carbocycles. The van der Waals surface area contributed by atoms with Crippen molar-refractivity contribution in [2.24, 2.45) is 0 Å². The summed E-state index contributed by atoms with van der Waals surface area (Å²) in [7, 11) is 0. The molecule has 3 rings (SSSR count). The summed E-state index contributed by atoms with van der Waals surface area (Å²) in [6.45, 7) is 10.9. The number of hydrogen-bond donors (Lipinski definition) is 0. The second-order valence-electron chi connectivity index (χ2n) is 5.70. The fraction of sp³-hybridized carbons (Fsp3) is 0.263. The zero-order chi connectivity index (χ0) is 14.4. The Kier molecular flexibility index (Phi) is 4.33. The predicted molar refractivity (Wildman–Crippen MR) is 86.5 cm³/mol. The fourth-order valence-corrected chi connectivity index (χ4v) is 3.07. The molecule has 0 bridgehead atoms. The Morgan fingerprint density at radius 3 is 2.05 bits per heavy atom. The zero-order valence-corrected chi connectivity index (χ0v) is 14.5. The number of benzene rings is 1. The number of rotatable bonds is 1. The first kappa shape index (κ1) is 15.9. The van der Waals surface area contributed by atoms with Gasteiger partial charge in [-0.1, -0.05) is 57.0 Å². The summed E-state index contributed by atoms with van der Waals surface area (Å²) < 4.78 is 0. The molecule has 1 aromatic heterocycles. The third kappa shape index (κ3) is 2.44. The van der Waals surface area contributed by atoms with E-state index in [1.165, 1.54) is 38.8 Å². The minimum absolute atomic E-state index is 0. The van der Waals surface area contributed by atoms with Crippen LogP contribution in [-0.4, -0.2) is 4.98 Å². The van der Waals surface area contributed by atoms with Crippen molar-refractivity contribution >= 4 is 10.9 Å². The molecule has 0 saturated carbocycles. The molecule has 0 aliphatic heterocycles. The maximum absolute atomic E-state index is 4.77. The molecule has 21 heavy (non-hydrogen) atoms. The van der Waals surface area contributed by atoms with Crippen molar-refractivity contribution in [3.05, 3.63) is 58.3 Å². The van der Waals surface area contributed by atoms with Crippen LogP contribution in [0.4, 0.5) is 0 Å². The average molecular weight is 314 g/mol. The molecule has 3 aromatic rings. The largest absolute Gasteiger partial charge is 3.00 e. The minimum Gasteiger partial charge on any atom is -0.291 e. The van der Waals surface area contributed by atoms with E-state index in [9.17, 15) is 0 Å². The molecule has 0 saturated heterocycles. The first-order chi connectivity index (χ1) is 9.50. The summed E-state index contributed by atoms with van der Waals surface area (Å²) in [6.07, 6.45) is 0. The van der Waals surface area contributed by atoms with E-state index in [-0.39, 0.29) is 17.4 Å². The topological polar surface area (TPSA) is 12.9 Å². The quantitative estimate of drug-likeness (QED) is 0.565. The van der Waals surface area contributed by atoms with Crippen LogP contribution in [0.3, 0.4) is 0 Å². The van der Waals surface area contributed by atoms with Gasteiger partial charge in [-0.25, -0.2) is 0 Å². The fourth-order valence-electron chi connectivity index (χ4n) is 3.07. The Bertz CT molecular complexity index is 787. The molecular formula is C19H20CrN+2. The third-order valence-electron chi connectivity index (χ3n) is 4.57. The molecule has 0 fully saturated rings. The van der Waals surface area contributed by atoms with Gasteiger partial charge in [0.05, 0.1) is 0 Å². The summed E-state index contributed by atoms with van der Waals surface area (Å²) in [5.74, 6) is 0. The van der Waals surface area contributed by atoms with Crippen LogP contribution in [0.5, 0.6) is 0 Å². The molecule has 2 heteroatoms. The second-order valence-corrected chi connectivity index (χ2v) is 5.70. The van der Waals surface area contributed by atoms with Gasteiger partial charge in [-0.3, -0.25) is 4.98 Å². The average Bonchev–Trinajstić information content (AvgIpc) is 2.63. The molecule has 0 aliphatic rings. The van der Waals surface area contributed by atoms with Gasteiger partial charge in [-0.2, -0.15) is 0 Å². The van der Waals surface area contributed by atoms with Crippen LogP contribution in [0.25, 0.3) is 22.0 Å². The van der Waals surface area contributed by atoms with Gasteiger partial charge in [-0.15, -0.1) is 28.3 Å². The Hall–Kier alpha value is -1.49. The number of fused-ring (bicyclic) bond motifs is 1. The van der Waals surface area contributed by atoms with Crippen molar-refractivity contribution in [3.63, 3.8) is 0 Å². The van der Waals surface area contributed by atoms with Gasteiger partial charge >= 0.3 is 17.4 Å². The van der Waals surface area contributed by atoms with Crippen LogP contribution >= 0.6 is 0 Å². The number of aromatic nitrogens is 1. The monoisotopic (exact) mass is 314 g/mol. The minimum atomic E-state index is 0. The number of nitrogens with zero attached hydrogens (tertiary/aromatic N) is 1. The van der Waals surface area contributed by atoms with Gasteiger partial charge < -0.3 is 0 Å². The van der Waals surface area contributed by atoms with Crippen LogP contribution < -0.4 is 0 Å². The predicted octanol–water partition coefficient (Wildman–Crippen LogP) is 5.16. The summed E-state index contributed by atoms with van der Waals surface area (Å²) in [5, 5.41) is 1.21. The normalized spacial score (nSPS) is 10.7. The van der Waals surface area contributed by atoms with Gasteiger partial charge in [0.2, 0.25) is 0 Å².